The van der Waals surface area contributed by atoms with Gasteiger partial charge in [0.15, 0.2) is 0 Å². The van der Waals surface area contributed by atoms with Gasteiger partial charge in [-0.3, -0.25) is 9.59 Å². The number of carbonyl (C=O) groups is 2. The molecule has 3 aromatic carbocycles. The number of benzene rings is 3. The van der Waals surface area contributed by atoms with E-state index in [1.54, 1.807) is 0 Å². The van der Waals surface area contributed by atoms with Crippen molar-refractivity contribution < 1.29 is 14.3 Å². The van der Waals surface area contributed by atoms with Gasteiger partial charge in [-0.2, -0.15) is 0 Å². The number of ketones is 1. The molecule has 3 aromatic rings. The standard InChI is InChI=1S/C30H31NO3/c32-29-24-10-7-11-25(29)19-26(18-24)30(33)31(27-12-5-2-6-13-27)20-22-14-16-28(17-15-22)34-21-23-8-3-1-4-9-23/h1-6,8-9,12-17,24-26H,7,10-11,18-21H2. The highest BCUT2D eigenvalue weighted by Gasteiger charge is 2.42. The summed E-state index contributed by atoms with van der Waals surface area (Å²) in [4.78, 5) is 28.2. The zero-order chi connectivity index (χ0) is 23.3. The van der Waals surface area contributed by atoms with Gasteiger partial charge in [0.05, 0.1) is 6.54 Å². The quantitative estimate of drug-likeness (QED) is 0.428. The summed E-state index contributed by atoms with van der Waals surface area (Å²) in [7, 11) is 0. The molecule has 0 radical (unpaired) electrons. The molecule has 0 aromatic heterocycles. The number of ether oxygens (including phenoxy) is 1. The molecule has 2 bridgehead atoms. The molecule has 5 rings (SSSR count). The second-order valence-electron chi connectivity index (χ2n) is 9.57. The van der Waals surface area contributed by atoms with E-state index in [0.29, 0.717) is 31.8 Å². The molecule has 2 atom stereocenters. The summed E-state index contributed by atoms with van der Waals surface area (Å²) in [5.74, 6) is 1.40. The normalized spacial score (nSPS) is 21.6. The van der Waals surface area contributed by atoms with E-state index in [0.717, 1.165) is 41.8 Å². The monoisotopic (exact) mass is 453 g/mol. The first kappa shape index (κ1) is 22.4. The van der Waals surface area contributed by atoms with E-state index in [4.69, 9.17) is 4.74 Å². The number of amides is 1. The first-order valence-electron chi connectivity index (χ1n) is 12.3. The summed E-state index contributed by atoms with van der Waals surface area (Å²) >= 11 is 0. The first-order valence-corrected chi connectivity index (χ1v) is 12.3. The Kier molecular flexibility index (Phi) is 6.75. The second-order valence-corrected chi connectivity index (χ2v) is 9.57. The highest BCUT2D eigenvalue weighted by atomic mass is 16.5. The van der Waals surface area contributed by atoms with Gasteiger partial charge >= 0.3 is 0 Å². The first-order chi connectivity index (χ1) is 16.7. The maximum absolute atomic E-state index is 13.8. The molecule has 174 valence electrons. The van der Waals surface area contributed by atoms with Crippen LogP contribution in [0.4, 0.5) is 5.69 Å². The molecular formula is C30H31NO3. The zero-order valence-corrected chi connectivity index (χ0v) is 19.4. The van der Waals surface area contributed by atoms with E-state index in [1.165, 1.54) is 0 Å². The number of carbonyl (C=O) groups excluding carboxylic acids is 2. The Balaban J connectivity index is 1.30. The fourth-order valence-corrected chi connectivity index (χ4v) is 5.42. The minimum atomic E-state index is -0.0818. The van der Waals surface area contributed by atoms with Crippen LogP contribution in [0.25, 0.3) is 0 Å². The molecule has 4 nitrogen and oxygen atoms in total. The predicted molar refractivity (Wildman–Crippen MR) is 133 cm³/mol. The van der Waals surface area contributed by atoms with Crippen molar-refractivity contribution in [3.63, 3.8) is 0 Å². The molecule has 34 heavy (non-hydrogen) atoms. The fraction of sp³-hybridized carbons (Fsp3) is 0.333. The molecule has 0 saturated heterocycles. The number of anilines is 1. The van der Waals surface area contributed by atoms with Crippen molar-refractivity contribution in [2.24, 2.45) is 17.8 Å². The van der Waals surface area contributed by atoms with Gasteiger partial charge in [0.1, 0.15) is 18.1 Å². The summed E-state index contributed by atoms with van der Waals surface area (Å²) in [6.07, 6.45) is 4.39. The van der Waals surface area contributed by atoms with Crippen LogP contribution in [0.2, 0.25) is 0 Å². The Morgan fingerprint density at radius 3 is 2.06 bits per heavy atom. The van der Waals surface area contributed by atoms with Crippen molar-refractivity contribution in [2.75, 3.05) is 4.90 Å². The van der Waals surface area contributed by atoms with Gasteiger partial charge in [-0.25, -0.2) is 0 Å². The van der Waals surface area contributed by atoms with Crippen molar-refractivity contribution >= 4 is 17.4 Å². The SMILES string of the molecule is O=C1C2CCCC1CC(C(=O)N(Cc1ccc(OCc3ccccc3)cc1)c1ccccc1)C2. The summed E-state index contributed by atoms with van der Waals surface area (Å²) in [6, 6.07) is 28.0. The molecule has 4 heteroatoms. The Hall–Kier alpha value is -3.40. The van der Waals surface area contributed by atoms with E-state index in [9.17, 15) is 9.59 Å². The van der Waals surface area contributed by atoms with Crippen molar-refractivity contribution in [2.45, 2.75) is 45.3 Å². The Labute approximate surface area is 201 Å². The summed E-state index contributed by atoms with van der Waals surface area (Å²) in [5.41, 5.74) is 3.08. The molecular weight excluding hydrogens is 422 g/mol. The molecule has 2 aliphatic rings. The smallest absolute Gasteiger partial charge is 0.230 e. The van der Waals surface area contributed by atoms with Crippen LogP contribution in [0.5, 0.6) is 5.75 Å². The Morgan fingerprint density at radius 2 is 1.41 bits per heavy atom. The summed E-state index contributed by atoms with van der Waals surface area (Å²) in [5, 5.41) is 0. The second kappa shape index (κ2) is 10.3. The number of para-hydroxylation sites is 1. The van der Waals surface area contributed by atoms with Crippen molar-refractivity contribution in [3.8, 4) is 5.75 Å². The van der Waals surface area contributed by atoms with E-state index < -0.39 is 0 Å². The van der Waals surface area contributed by atoms with Gasteiger partial charge in [-0.15, -0.1) is 0 Å². The molecule has 0 aliphatic heterocycles. The number of hydrogen-bond donors (Lipinski definition) is 0. The average Bonchev–Trinajstić information content (AvgIpc) is 2.87. The topological polar surface area (TPSA) is 46.6 Å². The maximum Gasteiger partial charge on any atom is 0.230 e. The third-order valence-corrected chi connectivity index (χ3v) is 7.24. The van der Waals surface area contributed by atoms with Gasteiger partial charge in [0, 0.05) is 23.4 Å². The van der Waals surface area contributed by atoms with E-state index in [1.807, 2.05) is 89.8 Å². The number of rotatable bonds is 7. The average molecular weight is 454 g/mol. The van der Waals surface area contributed by atoms with E-state index in [-0.39, 0.29) is 23.7 Å². The van der Waals surface area contributed by atoms with Crippen LogP contribution in [-0.4, -0.2) is 11.7 Å². The van der Waals surface area contributed by atoms with E-state index in [2.05, 4.69) is 0 Å². The van der Waals surface area contributed by atoms with Crippen LogP contribution in [0, 0.1) is 17.8 Å². The lowest BCUT2D eigenvalue weighted by Crippen LogP contribution is -2.44. The van der Waals surface area contributed by atoms with Gasteiger partial charge < -0.3 is 9.64 Å². The number of nitrogens with zero attached hydrogens (tertiary/aromatic N) is 1. The number of hydrogen-bond acceptors (Lipinski definition) is 3. The van der Waals surface area contributed by atoms with Crippen LogP contribution in [0.1, 0.15) is 43.2 Å². The lowest BCUT2D eigenvalue weighted by Gasteiger charge is -2.39. The van der Waals surface area contributed by atoms with Gasteiger partial charge in [-0.1, -0.05) is 67.1 Å². The fourth-order valence-electron chi connectivity index (χ4n) is 5.42. The van der Waals surface area contributed by atoms with Gasteiger partial charge in [0.25, 0.3) is 0 Å². The molecule has 2 aliphatic carbocycles. The number of Topliss-reactive ketones (excluding diaryl/α,β-unsaturated/α-hetero) is 1. The number of fused-ring (bicyclic) bond motifs is 2. The lowest BCUT2D eigenvalue weighted by atomic mass is 9.67. The van der Waals surface area contributed by atoms with Crippen LogP contribution >= 0.6 is 0 Å². The lowest BCUT2D eigenvalue weighted by molar-refractivity contribution is -0.136. The van der Waals surface area contributed by atoms with E-state index >= 15 is 0 Å². The minimum absolute atomic E-state index is 0.0696. The van der Waals surface area contributed by atoms with Crippen LogP contribution in [0.15, 0.2) is 84.9 Å². The highest BCUT2D eigenvalue weighted by molar-refractivity contribution is 5.97. The Bertz CT molecular complexity index is 1090. The molecule has 2 unspecified atom stereocenters. The van der Waals surface area contributed by atoms with Crippen LogP contribution < -0.4 is 9.64 Å². The largest absolute Gasteiger partial charge is 0.489 e. The van der Waals surface area contributed by atoms with Gasteiger partial charge in [-0.05, 0) is 61.1 Å². The van der Waals surface area contributed by atoms with Gasteiger partial charge in [0.2, 0.25) is 5.91 Å². The minimum Gasteiger partial charge on any atom is -0.489 e. The molecule has 2 saturated carbocycles. The van der Waals surface area contributed by atoms with Crippen LogP contribution in [0.3, 0.4) is 0 Å². The third kappa shape index (κ3) is 5.06. The molecule has 0 spiro atoms. The van der Waals surface area contributed by atoms with Crippen molar-refractivity contribution in [1.82, 2.24) is 0 Å². The highest BCUT2D eigenvalue weighted by Crippen LogP contribution is 2.41. The Morgan fingerprint density at radius 1 is 0.794 bits per heavy atom. The van der Waals surface area contributed by atoms with Crippen molar-refractivity contribution in [1.29, 1.82) is 0 Å². The molecule has 2 fully saturated rings. The molecule has 0 N–H and O–H groups in total. The summed E-state index contributed by atoms with van der Waals surface area (Å²) < 4.78 is 5.92. The molecule has 0 heterocycles. The summed E-state index contributed by atoms with van der Waals surface area (Å²) in [6.45, 7) is 1.03. The molecule has 1 amide bonds. The third-order valence-electron chi connectivity index (χ3n) is 7.24. The van der Waals surface area contributed by atoms with Crippen molar-refractivity contribution in [3.05, 3.63) is 96.1 Å². The predicted octanol–water partition coefficient (Wildman–Crippen LogP) is 6.19. The van der Waals surface area contributed by atoms with Crippen LogP contribution in [-0.2, 0) is 22.7 Å². The zero-order valence-electron chi connectivity index (χ0n) is 19.4. The maximum atomic E-state index is 13.8.